The third kappa shape index (κ3) is 6.62. The van der Waals surface area contributed by atoms with Crippen LogP contribution in [0.15, 0.2) is 53.5 Å². The van der Waals surface area contributed by atoms with Crippen LogP contribution in [-0.2, 0) is 11.0 Å². The molecule has 0 spiro atoms. The van der Waals surface area contributed by atoms with E-state index in [9.17, 15) is 18.0 Å². The van der Waals surface area contributed by atoms with Gasteiger partial charge in [-0.1, -0.05) is 25.3 Å². The lowest BCUT2D eigenvalue weighted by Gasteiger charge is -2.22. The molecule has 154 valence electrons. The number of hydrogen-bond donors (Lipinski definition) is 1. The number of carbonyl (C=O) groups is 1. The summed E-state index contributed by atoms with van der Waals surface area (Å²) in [6.07, 6.45) is 2.65. The van der Waals surface area contributed by atoms with E-state index in [4.69, 9.17) is 4.74 Å². The van der Waals surface area contributed by atoms with Crippen LogP contribution in [0.5, 0.6) is 5.75 Å². The van der Waals surface area contributed by atoms with Crippen molar-refractivity contribution in [3.63, 3.8) is 0 Å². The molecule has 2 aromatic rings. The first-order valence-electron chi connectivity index (χ1n) is 9.64. The van der Waals surface area contributed by atoms with Gasteiger partial charge in [0.05, 0.1) is 11.3 Å². The number of rotatable bonds is 6. The van der Waals surface area contributed by atoms with Gasteiger partial charge in [-0.05, 0) is 60.9 Å². The predicted octanol–water partition coefficient (Wildman–Crippen LogP) is 5.28. The number of nitrogens with zero attached hydrogens (tertiary/aromatic N) is 1. The van der Waals surface area contributed by atoms with E-state index < -0.39 is 11.7 Å². The second-order valence-electron chi connectivity index (χ2n) is 7.07. The van der Waals surface area contributed by atoms with Crippen molar-refractivity contribution in [2.75, 3.05) is 6.61 Å². The molecular formula is C22H23F3N2O2. The predicted molar refractivity (Wildman–Crippen MR) is 106 cm³/mol. The summed E-state index contributed by atoms with van der Waals surface area (Å²) in [5.41, 5.74) is 0.198. The van der Waals surface area contributed by atoms with Gasteiger partial charge in [0, 0.05) is 12.3 Å². The Labute approximate surface area is 167 Å². The van der Waals surface area contributed by atoms with E-state index in [1.165, 1.54) is 24.8 Å². The molecule has 0 unspecified atom stereocenters. The molecule has 1 amide bonds. The highest BCUT2D eigenvalue weighted by molar-refractivity contribution is 5.82. The first kappa shape index (κ1) is 20.9. The van der Waals surface area contributed by atoms with Crippen molar-refractivity contribution in [1.82, 2.24) is 5.32 Å². The zero-order chi connectivity index (χ0) is 20.7. The highest BCUT2D eigenvalue weighted by Crippen LogP contribution is 2.31. The molecule has 29 heavy (non-hydrogen) atoms. The van der Waals surface area contributed by atoms with E-state index in [1.807, 2.05) is 0 Å². The minimum Gasteiger partial charge on any atom is -0.484 e. The Kier molecular flexibility index (Phi) is 6.90. The van der Waals surface area contributed by atoms with Crippen molar-refractivity contribution in [1.29, 1.82) is 0 Å². The zero-order valence-electron chi connectivity index (χ0n) is 15.9. The first-order chi connectivity index (χ1) is 13.9. The third-order valence-corrected chi connectivity index (χ3v) is 4.76. The Morgan fingerprint density at radius 3 is 2.52 bits per heavy atom. The lowest BCUT2D eigenvalue weighted by atomic mass is 9.95. The van der Waals surface area contributed by atoms with Crippen LogP contribution in [0.3, 0.4) is 0 Å². The second kappa shape index (κ2) is 9.58. The molecule has 0 atom stereocenters. The molecular weight excluding hydrogens is 381 g/mol. The van der Waals surface area contributed by atoms with Gasteiger partial charge in [0.25, 0.3) is 5.91 Å². The van der Waals surface area contributed by atoms with Crippen molar-refractivity contribution < 1.29 is 22.7 Å². The summed E-state index contributed by atoms with van der Waals surface area (Å²) in [6.45, 7) is -0.0474. The summed E-state index contributed by atoms with van der Waals surface area (Å²) in [4.78, 5) is 16.1. The average molecular weight is 404 g/mol. The Hall–Kier alpha value is -2.83. The summed E-state index contributed by atoms with van der Waals surface area (Å²) >= 11 is 0. The zero-order valence-corrected chi connectivity index (χ0v) is 15.9. The van der Waals surface area contributed by atoms with Gasteiger partial charge in [-0.25, -0.2) is 0 Å². The highest BCUT2D eigenvalue weighted by atomic mass is 19.4. The molecule has 3 rings (SSSR count). The maximum Gasteiger partial charge on any atom is 0.416 e. The largest absolute Gasteiger partial charge is 0.484 e. The normalized spacial score (nSPS) is 15.4. The van der Waals surface area contributed by atoms with Gasteiger partial charge >= 0.3 is 6.18 Å². The summed E-state index contributed by atoms with van der Waals surface area (Å²) in [5.74, 6) is 0.409. The molecule has 0 aliphatic heterocycles. The number of alkyl halides is 3. The first-order valence-corrected chi connectivity index (χ1v) is 9.64. The monoisotopic (exact) mass is 404 g/mol. The minimum atomic E-state index is -4.40. The van der Waals surface area contributed by atoms with E-state index in [0.717, 1.165) is 37.8 Å². The fraction of sp³-hybridized carbons (Fsp3) is 0.364. The molecule has 1 aliphatic rings. The number of amides is 1. The van der Waals surface area contributed by atoms with E-state index >= 15 is 0 Å². The Morgan fingerprint density at radius 2 is 1.83 bits per heavy atom. The van der Waals surface area contributed by atoms with Crippen LogP contribution < -0.4 is 10.1 Å². The summed E-state index contributed by atoms with van der Waals surface area (Å²) in [7, 11) is 0. The van der Waals surface area contributed by atoms with Crippen LogP contribution in [0, 0.1) is 0 Å². The van der Waals surface area contributed by atoms with Gasteiger partial charge in [-0.15, -0.1) is 0 Å². The summed E-state index contributed by atoms with van der Waals surface area (Å²) in [6, 6.07) is 11.9. The Bertz CT molecular complexity index is 842. The van der Waals surface area contributed by atoms with Crippen LogP contribution in [-0.4, -0.2) is 24.8 Å². The molecule has 1 N–H and O–H groups in total. The molecule has 1 saturated carbocycles. The van der Waals surface area contributed by atoms with Crippen molar-refractivity contribution in [3.8, 4) is 5.75 Å². The molecule has 2 aromatic carbocycles. The summed E-state index contributed by atoms with van der Waals surface area (Å²) < 4.78 is 43.7. The topological polar surface area (TPSA) is 50.7 Å². The van der Waals surface area contributed by atoms with Gasteiger partial charge in [-0.3, -0.25) is 9.79 Å². The molecule has 0 aromatic heterocycles. The van der Waals surface area contributed by atoms with Crippen LogP contribution in [0.25, 0.3) is 0 Å². The Morgan fingerprint density at radius 1 is 1.10 bits per heavy atom. The van der Waals surface area contributed by atoms with Gasteiger partial charge in [-0.2, -0.15) is 13.2 Å². The van der Waals surface area contributed by atoms with E-state index in [2.05, 4.69) is 10.3 Å². The summed E-state index contributed by atoms with van der Waals surface area (Å²) in [5, 5.41) is 2.99. The van der Waals surface area contributed by atoms with Gasteiger partial charge in [0.2, 0.25) is 0 Å². The molecule has 1 fully saturated rings. The minimum absolute atomic E-state index is 0.0474. The van der Waals surface area contributed by atoms with Crippen molar-refractivity contribution in [2.24, 2.45) is 4.99 Å². The lowest BCUT2D eigenvalue weighted by molar-refractivity contribution is -0.137. The number of ether oxygens (including phenoxy) is 1. The SMILES string of the molecule is O=C(COc1ccc(C=Nc2cccc(C(F)(F)F)c2)cc1)NC1CCCCC1. The van der Waals surface area contributed by atoms with Crippen LogP contribution in [0.4, 0.5) is 18.9 Å². The van der Waals surface area contributed by atoms with Gasteiger partial charge in [0.15, 0.2) is 6.61 Å². The second-order valence-corrected chi connectivity index (χ2v) is 7.07. The number of benzene rings is 2. The maximum absolute atomic E-state index is 12.7. The molecule has 0 radical (unpaired) electrons. The van der Waals surface area contributed by atoms with E-state index in [0.29, 0.717) is 11.3 Å². The van der Waals surface area contributed by atoms with Gasteiger partial charge in [0.1, 0.15) is 5.75 Å². The molecule has 1 aliphatic carbocycles. The Balaban J connectivity index is 1.51. The van der Waals surface area contributed by atoms with Crippen molar-refractivity contribution in [2.45, 2.75) is 44.3 Å². The quantitative estimate of drug-likeness (QED) is 0.666. The van der Waals surface area contributed by atoms with Crippen LogP contribution in [0.1, 0.15) is 43.2 Å². The highest BCUT2D eigenvalue weighted by Gasteiger charge is 2.30. The average Bonchev–Trinajstić information content (AvgIpc) is 2.72. The molecule has 0 bridgehead atoms. The smallest absolute Gasteiger partial charge is 0.416 e. The fourth-order valence-electron chi connectivity index (χ4n) is 3.23. The van der Waals surface area contributed by atoms with Crippen LogP contribution in [0.2, 0.25) is 0 Å². The fourth-order valence-corrected chi connectivity index (χ4v) is 3.23. The maximum atomic E-state index is 12.7. The van der Waals surface area contributed by atoms with Crippen molar-refractivity contribution >= 4 is 17.8 Å². The number of hydrogen-bond acceptors (Lipinski definition) is 3. The van der Waals surface area contributed by atoms with Crippen molar-refractivity contribution in [3.05, 3.63) is 59.7 Å². The molecule has 4 nitrogen and oxygen atoms in total. The van der Waals surface area contributed by atoms with E-state index in [1.54, 1.807) is 24.3 Å². The number of halogens is 3. The van der Waals surface area contributed by atoms with E-state index in [-0.39, 0.29) is 24.2 Å². The number of nitrogens with one attached hydrogen (secondary N) is 1. The number of aliphatic imine (C=N–C) groups is 1. The standard InChI is InChI=1S/C22H23F3N2O2/c23-22(24,25)17-5-4-8-19(13-17)26-14-16-9-11-20(12-10-16)29-15-21(28)27-18-6-2-1-3-7-18/h4-5,8-14,18H,1-3,6-7,15H2,(H,27,28). The molecule has 7 heteroatoms. The van der Waals surface area contributed by atoms with Crippen LogP contribution >= 0.6 is 0 Å². The number of carbonyl (C=O) groups excluding carboxylic acids is 1. The lowest BCUT2D eigenvalue weighted by Crippen LogP contribution is -2.38. The molecule has 0 saturated heterocycles. The molecule has 0 heterocycles. The third-order valence-electron chi connectivity index (χ3n) is 4.76. The van der Waals surface area contributed by atoms with Gasteiger partial charge < -0.3 is 10.1 Å².